The van der Waals surface area contributed by atoms with E-state index in [9.17, 15) is 0 Å². The van der Waals surface area contributed by atoms with E-state index in [4.69, 9.17) is 22.6 Å². The Bertz CT molecular complexity index is 853. The van der Waals surface area contributed by atoms with Crippen molar-refractivity contribution in [2.75, 3.05) is 5.73 Å². The maximum absolute atomic E-state index is 8.92. The molecule has 104 valence electrons. The Morgan fingerprint density at radius 1 is 1.33 bits per heavy atom. The molecule has 3 aromatic rings. The quantitative estimate of drug-likeness (QED) is 0.746. The molecule has 0 atom stereocenters. The van der Waals surface area contributed by atoms with Crippen LogP contribution in [0.5, 0.6) is 0 Å². The summed E-state index contributed by atoms with van der Waals surface area (Å²) in [6.07, 6.45) is 1.52. The lowest BCUT2D eigenvalue weighted by molar-refractivity contribution is 0.878. The van der Waals surface area contributed by atoms with E-state index in [-0.39, 0.29) is 11.4 Å². The van der Waals surface area contributed by atoms with Gasteiger partial charge in [0.1, 0.15) is 17.5 Å². The van der Waals surface area contributed by atoms with Crippen LogP contribution in [-0.2, 0) is 5.75 Å². The topological polar surface area (TPSA) is 92.9 Å². The van der Waals surface area contributed by atoms with Gasteiger partial charge in [-0.2, -0.15) is 15.2 Å². The maximum atomic E-state index is 8.92. The lowest BCUT2D eigenvalue weighted by Gasteiger charge is -2.00. The molecule has 0 spiro atoms. The third-order valence-electron chi connectivity index (χ3n) is 2.78. The number of aromatic nitrogens is 4. The van der Waals surface area contributed by atoms with Crippen LogP contribution in [0.4, 0.5) is 5.82 Å². The number of nitrogens with zero attached hydrogens (tertiary/aromatic N) is 5. The van der Waals surface area contributed by atoms with Gasteiger partial charge in [0.25, 0.3) is 5.78 Å². The minimum absolute atomic E-state index is 0.153. The van der Waals surface area contributed by atoms with Gasteiger partial charge in [-0.15, -0.1) is 5.10 Å². The van der Waals surface area contributed by atoms with Crippen molar-refractivity contribution in [3.8, 4) is 6.07 Å². The van der Waals surface area contributed by atoms with Gasteiger partial charge in [-0.1, -0.05) is 41.6 Å². The number of halogens is 1. The van der Waals surface area contributed by atoms with Crippen LogP contribution < -0.4 is 5.73 Å². The second-order valence-electron chi connectivity index (χ2n) is 4.17. The number of nitriles is 1. The van der Waals surface area contributed by atoms with Crippen molar-refractivity contribution in [1.82, 2.24) is 19.6 Å². The maximum Gasteiger partial charge on any atom is 0.255 e. The molecule has 3 rings (SSSR count). The number of rotatable bonds is 3. The molecule has 0 saturated heterocycles. The number of thioether (sulfide) groups is 1. The van der Waals surface area contributed by atoms with Crippen LogP contribution in [0.2, 0.25) is 5.02 Å². The number of benzene rings is 1. The Hall–Kier alpha value is -2.30. The molecule has 0 aliphatic rings. The van der Waals surface area contributed by atoms with E-state index < -0.39 is 0 Å². The van der Waals surface area contributed by atoms with Gasteiger partial charge in [0.05, 0.1) is 6.20 Å². The minimum Gasteiger partial charge on any atom is -0.382 e. The number of hydrogen-bond donors (Lipinski definition) is 1. The largest absolute Gasteiger partial charge is 0.382 e. The Kier molecular flexibility index (Phi) is 3.64. The fourth-order valence-corrected chi connectivity index (χ4v) is 2.83. The van der Waals surface area contributed by atoms with Gasteiger partial charge in [0, 0.05) is 10.8 Å². The van der Waals surface area contributed by atoms with Crippen LogP contribution in [0.15, 0.2) is 35.6 Å². The zero-order chi connectivity index (χ0) is 14.8. The highest BCUT2D eigenvalue weighted by atomic mass is 35.5. The number of nitrogens with two attached hydrogens (primary N) is 1. The van der Waals surface area contributed by atoms with E-state index in [2.05, 4.69) is 15.1 Å². The van der Waals surface area contributed by atoms with Gasteiger partial charge in [0.2, 0.25) is 5.16 Å². The Morgan fingerprint density at radius 3 is 2.90 bits per heavy atom. The van der Waals surface area contributed by atoms with Crippen molar-refractivity contribution in [2.24, 2.45) is 0 Å². The molecule has 0 saturated carbocycles. The van der Waals surface area contributed by atoms with Gasteiger partial charge < -0.3 is 5.73 Å². The number of hydrogen-bond acceptors (Lipinski definition) is 6. The van der Waals surface area contributed by atoms with Crippen LogP contribution in [0.1, 0.15) is 11.1 Å². The normalized spacial score (nSPS) is 10.7. The van der Waals surface area contributed by atoms with E-state index in [1.165, 1.54) is 22.5 Å². The van der Waals surface area contributed by atoms with Crippen LogP contribution in [0, 0.1) is 11.3 Å². The summed E-state index contributed by atoms with van der Waals surface area (Å²) in [5, 5.41) is 14.4. The van der Waals surface area contributed by atoms with Crippen molar-refractivity contribution in [3.63, 3.8) is 0 Å². The Labute approximate surface area is 129 Å². The monoisotopic (exact) mass is 316 g/mol. The molecule has 8 heteroatoms. The van der Waals surface area contributed by atoms with Gasteiger partial charge in [-0.25, -0.2) is 4.52 Å². The molecule has 0 bridgehead atoms. The predicted octanol–water partition coefficient (Wildman–Crippen LogP) is 2.52. The summed E-state index contributed by atoms with van der Waals surface area (Å²) in [7, 11) is 0. The molecule has 21 heavy (non-hydrogen) atoms. The molecular formula is C13H9ClN6S. The lowest BCUT2D eigenvalue weighted by Crippen LogP contribution is -1.99. The number of fused-ring (bicyclic) bond motifs is 1. The van der Waals surface area contributed by atoms with Crippen LogP contribution in [0.25, 0.3) is 5.78 Å². The first-order chi connectivity index (χ1) is 10.2. The van der Waals surface area contributed by atoms with E-state index in [1.54, 1.807) is 0 Å². The Balaban J connectivity index is 1.85. The fourth-order valence-electron chi connectivity index (χ4n) is 1.72. The molecule has 0 aliphatic heterocycles. The summed E-state index contributed by atoms with van der Waals surface area (Å²) >= 11 is 7.55. The lowest BCUT2D eigenvalue weighted by atomic mass is 10.2. The molecule has 0 radical (unpaired) electrons. The number of anilines is 1. The SMILES string of the molecule is N#Cc1cn2nc(SCc3ccccc3Cl)nc2nc1N. The molecule has 2 aromatic heterocycles. The van der Waals surface area contributed by atoms with Gasteiger partial charge in [-0.3, -0.25) is 0 Å². The fraction of sp³-hybridized carbons (Fsp3) is 0.0769. The smallest absolute Gasteiger partial charge is 0.255 e. The standard InChI is InChI=1S/C13H9ClN6S/c14-10-4-2-1-3-8(10)7-21-13-18-12-17-11(16)9(5-15)6-20(12)19-13/h1-4,6H,7H2,(H2,16,17,18,19). The highest BCUT2D eigenvalue weighted by Crippen LogP contribution is 2.24. The molecule has 0 unspecified atom stereocenters. The molecule has 0 aliphatic carbocycles. The van der Waals surface area contributed by atoms with E-state index in [0.29, 0.717) is 21.7 Å². The van der Waals surface area contributed by atoms with Crippen molar-refractivity contribution >= 4 is 35.0 Å². The second kappa shape index (κ2) is 5.60. The molecular weight excluding hydrogens is 308 g/mol. The first kappa shape index (κ1) is 13.7. The Morgan fingerprint density at radius 2 is 2.14 bits per heavy atom. The van der Waals surface area contributed by atoms with E-state index in [0.717, 1.165) is 5.56 Å². The highest BCUT2D eigenvalue weighted by molar-refractivity contribution is 7.98. The van der Waals surface area contributed by atoms with Crippen molar-refractivity contribution < 1.29 is 0 Å². The molecule has 6 nitrogen and oxygen atoms in total. The van der Waals surface area contributed by atoms with Crippen LogP contribution >= 0.6 is 23.4 Å². The zero-order valence-electron chi connectivity index (χ0n) is 10.7. The summed E-state index contributed by atoms with van der Waals surface area (Å²) in [4.78, 5) is 8.31. The van der Waals surface area contributed by atoms with Crippen LogP contribution in [0.3, 0.4) is 0 Å². The first-order valence-corrected chi connectivity index (χ1v) is 7.33. The van der Waals surface area contributed by atoms with Gasteiger partial charge in [-0.05, 0) is 11.6 Å². The van der Waals surface area contributed by atoms with Gasteiger partial charge in [0.15, 0.2) is 0 Å². The summed E-state index contributed by atoms with van der Waals surface area (Å²) in [6, 6.07) is 9.57. The third kappa shape index (κ3) is 2.77. The average molecular weight is 317 g/mol. The second-order valence-corrected chi connectivity index (χ2v) is 5.52. The average Bonchev–Trinajstić information content (AvgIpc) is 2.87. The molecule has 2 heterocycles. The zero-order valence-corrected chi connectivity index (χ0v) is 12.3. The third-order valence-corrected chi connectivity index (χ3v) is 4.03. The highest BCUT2D eigenvalue weighted by Gasteiger charge is 2.10. The minimum atomic E-state index is 0.153. The van der Waals surface area contributed by atoms with E-state index >= 15 is 0 Å². The first-order valence-electron chi connectivity index (χ1n) is 5.96. The molecule has 2 N–H and O–H groups in total. The molecule has 0 fully saturated rings. The van der Waals surface area contributed by atoms with Crippen molar-refractivity contribution in [2.45, 2.75) is 10.9 Å². The summed E-state index contributed by atoms with van der Waals surface area (Å²) in [5.41, 5.74) is 6.93. The predicted molar refractivity (Wildman–Crippen MR) is 80.9 cm³/mol. The van der Waals surface area contributed by atoms with Gasteiger partial charge >= 0.3 is 0 Å². The van der Waals surface area contributed by atoms with Crippen molar-refractivity contribution in [3.05, 3.63) is 46.6 Å². The van der Waals surface area contributed by atoms with Crippen LogP contribution in [-0.4, -0.2) is 19.6 Å². The molecule has 1 aromatic carbocycles. The summed E-state index contributed by atoms with van der Waals surface area (Å²) < 4.78 is 1.45. The number of nitrogen functional groups attached to an aromatic ring is 1. The summed E-state index contributed by atoms with van der Waals surface area (Å²) in [6.45, 7) is 0. The summed E-state index contributed by atoms with van der Waals surface area (Å²) in [5.74, 6) is 1.17. The van der Waals surface area contributed by atoms with E-state index in [1.807, 2.05) is 30.3 Å². The van der Waals surface area contributed by atoms with Crippen molar-refractivity contribution in [1.29, 1.82) is 5.26 Å². The molecule has 0 amide bonds.